The van der Waals surface area contributed by atoms with Gasteiger partial charge in [0.1, 0.15) is 5.82 Å². The molecule has 0 bridgehead atoms. The van der Waals surface area contributed by atoms with E-state index in [-0.39, 0.29) is 5.91 Å². The van der Waals surface area contributed by atoms with Gasteiger partial charge in [-0.25, -0.2) is 4.68 Å². The molecular formula is C19H18ClN3O. The first-order valence-electron chi connectivity index (χ1n) is 7.69. The zero-order valence-electron chi connectivity index (χ0n) is 13.6. The second-order valence-electron chi connectivity index (χ2n) is 5.67. The molecule has 4 nitrogen and oxygen atoms in total. The average Bonchev–Trinajstić information content (AvgIpc) is 2.99. The number of anilines is 1. The lowest BCUT2D eigenvalue weighted by molar-refractivity contribution is 0.102. The molecule has 3 aromatic rings. The topological polar surface area (TPSA) is 46.9 Å². The molecule has 3 rings (SSSR count). The van der Waals surface area contributed by atoms with Crippen LogP contribution in [0.3, 0.4) is 0 Å². The van der Waals surface area contributed by atoms with Gasteiger partial charge in [0.2, 0.25) is 0 Å². The summed E-state index contributed by atoms with van der Waals surface area (Å²) in [5.74, 6) is 0.498. The average molecular weight is 340 g/mol. The smallest absolute Gasteiger partial charge is 0.257 e. The van der Waals surface area contributed by atoms with E-state index in [0.29, 0.717) is 22.9 Å². The number of aryl methyl sites for hydroxylation is 1. The molecule has 2 aromatic carbocycles. The number of rotatable bonds is 4. The largest absolute Gasteiger partial charge is 0.307 e. The predicted molar refractivity (Wildman–Crippen MR) is 96.7 cm³/mol. The van der Waals surface area contributed by atoms with Crippen molar-refractivity contribution in [3.05, 3.63) is 82.0 Å². The minimum atomic E-state index is -0.142. The highest BCUT2D eigenvalue weighted by atomic mass is 35.5. The van der Waals surface area contributed by atoms with Gasteiger partial charge in [0.15, 0.2) is 0 Å². The fraction of sp³-hybridized carbons (Fsp3) is 0.158. The second-order valence-corrected chi connectivity index (χ2v) is 6.07. The summed E-state index contributed by atoms with van der Waals surface area (Å²) in [5, 5.41) is 7.90. The van der Waals surface area contributed by atoms with Gasteiger partial charge in [-0.15, -0.1) is 0 Å². The Morgan fingerprint density at radius 2 is 1.92 bits per heavy atom. The lowest BCUT2D eigenvalue weighted by atomic mass is 10.0. The van der Waals surface area contributed by atoms with Crippen LogP contribution >= 0.6 is 11.6 Å². The van der Waals surface area contributed by atoms with E-state index < -0.39 is 0 Å². The van der Waals surface area contributed by atoms with Crippen molar-refractivity contribution < 1.29 is 4.79 Å². The number of nitrogens with zero attached hydrogens (tertiary/aromatic N) is 2. The molecule has 24 heavy (non-hydrogen) atoms. The van der Waals surface area contributed by atoms with Crippen LogP contribution in [-0.2, 0) is 6.54 Å². The van der Waals surface area contributed by atoms with E-state index >= 15 is 0 Å². The maximum Gasteiger partial charge on any atom is 0.257 e. The van der Waals surface area contributed by atoms with E-state index in [1.807, 2.05) is 56.3 Å². The quantitative estimate of drug-likeness (QED) is 0.763. The summed E-state index contributed by atoms with van der Waals surface area (Å²) in [6.07, 6.45) is 1.66. The van der Waals surface area contributed by atoms with Crippen LogP contribution in [0.5, 0.6) is 0 Å². The van der Waals surface area contributed by atoms with Crippen LogP contribution in [0.2, 0.25) is 5.02 Å². The van der Waals surface area contributed by atoms with Gasteiger partial charge in [0.05, 0.1) is 12.7 Å². The molecule has 1 aromatic heterocycles. The fourth-order valence-corrected chi connectivity index (χ4v) is 2.73. The Balaban J connectivity index is 1.82. The molecule has 0 aliphatic rings. The highest BCUT2D eigenvalue weighted by Gasteiger charge is 2.13. The third kappa shape index (κ3) is 3.34. The van der Waals surface area contributed by atoms with Crippen LogP contribution in [0.1, 0.15) is 27.0 Å². The van der Waals surface area contributed by atoms with Gasteiger partial charge >= 0.3 is 0 Å². The van der Waals surface area contributed by atoms with E-state index in [1.54, 1.807) is 16.9 Å². The van der Waals surface area contributed by atoms with Gasteiger partial charge in [-0.2, -0.15) is 5.10 Å². The van der Waals surface area contributed by atoms with Crippen molar-refractivity contribution in [2.75, 3.05) is 5.32 Å². The first-order valence-corrected chi connectivity index (χ1v) is 8.07. The number of aromatic nitrogens is 2. The Bertz CT molecular complexity index is 886. The fourth-order valence-electron chi connectivity index (χ4n) is 2.53. The van der Waals surface area contributed by atoms with Crippen LogP contribution in [0, 0.1) is 13.8 Å². The third-order valence-corrected chi connectivity index (χ3v) is 4.45. The van der Waals surface area contributed by atoms with Gasteiger partial charge in [-0.05, 0) is 42.7 Å². The summed E-state index contributed by atoms with van der Waals surface area (Å²) in [4.78, 5) is 12.6. The van der Waals surface area contributed by atoms with Crippen molar-refractivity contribution in [3.8, 4) is 0 Å². The van der Waals surface area contributed by atoms with Gasteiger partial charge in [0.25, 0.3) is 5.91 Å². The first kappa shape index (κ1) is 16.3. The first-order chi connectivity index (χ1) is 11.6. The second kappa shape index (κ2) is 6.89. The molecular weight excluding hydrogens is 322 g/mol. The Kier molecular flexibility index (Phi) is 4.67. The van der Waals surface area contributed by atoms with E-state index in [0.717, 1.165) is 16.7 Å². The summed E-state index contributed by atoms with van der Waals surface area (Å²) in [6.45, 7) is 4.44. The van der Waals surface area contributed by atoms with Crippen molar-refractivity contribution in [1.82, 2.24) is 9.78 Å². The van der Waals surface area contributed by atoms with Crippen LogP contribution in [0.4, 0.5) is 5.82 Å². The lowest BCUT2D eigenvalue weighted by Gasteiger charge is -2.12. The molecule has 0 unspecified atom stereocenters. The maximum atomic E-state index is 12.6. The Hall–Kier alpha value is -2.59. The van der Waals surface area contributed by atoms with Crippen molar-refractivity contribution in [2.24, 2.45) is 0 Å². The molecule has 0 atom stereocenters. The standard InChI is InChI=1S/C19H18ClN3O/c1-13-6-5-8-16(14(13)2)19(24)22-18-10-11-21-23(18)12-15-7-3-4-9-17(15)20/h3-11H,12H2,1-2H3,(H,22,24). The summed E-state index contributed by atoms with van der Waals surface area (Å²) < 4.78 is 1.73. The predicted octanol–water partition coefficient (Wildman–Crippen LogP) is 4.45. The maximum absolute atomic E-state index is 12.6. The van der Waals surface area contributed by atoms with E-state index in [1.165, 1.54) is 0 Å². The van der Waals surface area contributed by atoms with Gasteiger partial charge in [-0.1, -0.05) is 41.9 Å². The molecule has 0 fully saturated rings. The SMILES string of the molecule is Cc1cccc(C(=O)Nc2ccnn2Cc2ccccc2Cl)c1C. The van der Waals surface area contributed by atoms with Crippen molar-refractivity contribution in [1.29, 1.82) is 0 Å². The molecule has 0 saturated carbocycles. The highest BCUT2D eigenvalue weighted by Crippen LogP contribution is 2.19. The number of hydrogen-bond acceptors (Lipinski definition) is 2. The normalized spacial score (nSPS) is 10.6. The minimum absolute atomic E-state index is 0.142. The summed E-state index contributed by atoms with van der Waals surface area (Å²) in [5.41, 5.74) is 3.69. The zero-order valence-corrected chi connectivity index (χ0v) is 14.3. The molecule has 0 aliphatic carbocycles. The molecule has 1 heterocycles. The summed E-state index contributed by atoms with van der Waals surface area (Å²) in [6, 6.07) is 15.1. The lowest BCUT2D eigenvalue weighted by Crippen LogP contribution is -2.17. The molecule has 0 spiro atoms. The Morgan fingerprint density at radius 1 is 1.12 bits per heavy atom. The molecule has 0 radical (unpaired) electrons. The summed E-state index contributed by atoms with van der Waals surface area (Å²) in [7, 11) is 0. The highest BCUT2D eigenvalue weighted by molar-refractivity contribution is 6.31. The number of amides is 1. The van der Waals surface area contributed by atoms with Gasteiger partial charge in [0, 0.05) is 16.7 Å². The number of carbonyl (C=O) groups excluding carboxylic acids is 1. The van der Waals surface area contributed by atoms with Gasteiger partial charge in [-0.3, -0.25) is 4.79 Å². The molecule has 122 valence electrons. The van der Waals surface area contributed by atoms with Gasteiger partial charge < -0.3 is 5.32 Å². The Morgan fingerprint density at radius 3 is 2.71 bits per heavy atom. The summed E-state index contributed by atoms with van der Waals surface area (Å²) >= 11 is 6.20. The molecule has 1 amide bonds. The van der Waals surface area contributed by atoms with Crippen LogP contribution < -0.4 is 5.32 Å². The molecule has 1 N–H and O–H groups in total. The van der Waals surface area contributed by atoms with Crippen molar-refractivity contribution >= 4 is 23.3 Å². The van der Waals surface area contributed by atoms with Crippen LogP contribution in [0.15, 0.2) is 54.7 Å². The van der Waals surface area contributed by atoms with Crippen LogP contribution in [-0.4, -0.2) is 15.7 Å². The number of benzene rings is 2. The Labute approximate surface area is 146 Å². The molecule has 5 heteroatoms. The monoisotopic (exact) mass is 339 g/mol. The molecule has 0 saturated heterocycles. The zero-order chi connectivity index (χ0) is 17.1. The van der Waals surface area contributed by atoms with Crippen LogP contribution in [0.25, 0.3) is 0 Å². The number of nitrogens with one attached hydrogen (secondary N) is 1. The van der Waals surface area contributed by atoms with E-state index in [9.17, 15) is 4.79 Å². The van der Waals surface area contributed by atoms with E-state index in [2.05, 4.69) is 10.4 Å². The third-order valence-electron chi connectivity index (χ3n) is 4.09. The minimum Gasteiger partial charge on any atom is -0.307 e. The number of carbonyl (C=O) groups is 1. The van der Waals surface area contributed by atoms with E-state index in [4.69, 9.17) is 11.6 Å². The van der Waals surface area contributed by atoms with Crippen molar-refractivity contribution in [2.45, 2.75) is 20.4 Å². The number of hydrogen-bond donors (Lipinski definition) is 1. The molecule has 0 aliphatic heterocycles. The number of halogens is 1. The van der Waals surface area contributed by atoms with Crippen molar-refractivity contribution in [3.63, 3.8) is 0 Å².